The molecule has 0 aliphatic rings. The predicted molar refractivity (Wildman–Crippen MR) is 75.6 cm³/mol. The van der Waals surface area contributed by atoms with E-state index >= 15 is 0 Å². The number of rotatable bonds is 4. The Kier molecular flexibility index (Phi) is 4.00. The van der Waals surface area contributed by atoms with Gasteiger partial charge >= 0.3 is 0 Å². The molecule has 0 saturated heterocycles. The van der Waals surface area contributed by atoms with Crippen molar-refractivity contribution in [2.45, 2.75) is 39.9 Å². The molecule has 0 fully saturated rings. The maximum absolute atomic E-state index is 5.98. The number of nitrogens with two attached hydrogens (primary N) is 4. The standard InChI is InChI=1S/C12H22N4O2/c1-5(2)17-11-8(14)7(13)9(15)12(10(11)16)18-6(3)4/h5-6H,13-16H2,1-4H3. The molecule has 0 spiro atoms. The van der Waals surface area contributed by atoms with Gasteiger partial charge in [0, 0.05) is 0 Å². The molecule has 8 N–H and O–H groups in total. The number of nitrogen functional groups attached to an aromatic ring is 4. The second-order valence-corrected chi connectivity index (χ2v) is 4.65. The average Bonchev–Trinajstić information content (AvgIpc) is 2.27. The quantitative estimate of drug-likeness (QED) is 0.605. The molecular formula is C12H22N4O2. The fraction of sp³-hybridized carbons (Fsp3) is 0.500. The van der Waals surface area contributed by atoms with Gasteiger partial charge in [-0.05, 0) is 27.7 Å². The minimum absolute atomic E-state index is 0.0791. The van der Waals surface area contributed by atoms with E-state index in [1.165, 1.54) is 0 Å². The first-order valence-electron chi connectivity index (χ1n) is 5.84. The van der Waals surface area contributed by atoms with Crippen molar-refractivity contribution in [3.63, 3.8) is 0 Å². The first kappa shape index (κ1) is 14.1. The predicted octanol–water partition coefficient (Wildman–Crippen LogP) is 1.59. The Balaban J connectivity index is 3.39. The van der Waals surface area contributed by atoms with Gasteiger partial charge in [0.25, 0.3) is 0 Å². The molecule has 1 aromatic rings. The van der Waals surface area contributed by atoms with Crippen molar-refractivity contribution in [1.82, 2.24) is 0 Å². The summed E-state index contributed by atoms with van der Waals surface area (Å²) in [6.45, 7) is 7.48. The maximum atomic E-state index is 5.98. The molecule has 0 heterocycles. The lowest BCUT2D eigenvalue weighted by Gasteiger charge is -2.22. The summed E-state index contributed by atoms with van der Waals surface area (Å²) in [6.07, 6.45) is -0.158. The van der Waals surface area contributed by atoms with E-state index in [0.717, 1.165) is 0 Å². The highest BCUT2D eigenvalue weighted by Crippen LogP contribution is 2.47. The molecule has 0 atom stereocenters. The van der Waals surface area contributed by atoms with E-state index in [0.29, 0.717) is 11.5 Å². The van der Waals surface area contributed by atoms with E-state index in [1.807, 2.05) is 27.7 Å². The van der Waals surface area contributed by atoms with Crippen LogP contribution in [0, 0.1) is 0 Å². The fourth-order valence-corrected chi connectivity index (χ4v) is 1.51. The highest BCUT2D eigenvalue weighted by atomic mass is 16.5. The van der Waals surface area contributed by atoms with Gasteiger partial charge in [0.1, 0.15) is 17.1 Å². The average molecular weight is 254 g/mol. The highest BCUT2D eigenvalue weighted by Gasteiger charge is 2.21. The van der Waals surface area contributed by atoms with Gasteiger partial charge < -0.3 is 32.4 Å². The van der Waals surface area contributed by atoms with Crippen molar-refractivity contribution >= 4 is 22.7 Å². The molecule has 0 aromatic heterocycles. The second-order valence-electron chi connectivity index (χ2n) is 4.65. The molecule has 0 amide bonds. The Hall–Kier alpha value is -1.98. The van der Waals surface area contributed by atoms with E-state index in [4.69, 9.17) is 32.4 Å². The van der Waals surface area contributed by atoms with Crippen LogP contribution >= 0.6 is 0 Å². The second kappa shape index (κ2) is 5.12. The lowest BCUT2D eigenvalue weighted by molar-refractivity contribution is 0.234. The van der Waals surface area contributed by atoms with Crippen LogP contribution in [0.3, 0.4) is 0 Å². The van der Waals surface area contributed by atoms with Gasteiger partial charge in [-0.25, -0.2) is 0 Å². The third-order valence-corrected chi connectivity index (χ3v) is 2.27. The summed E-state index contributed by atoms with van der Waals surface area (Å²) in [5.41, 5.74) is 24.6. The Labute approximate surface area is 107 Å². The first-order valence-corrected chi connectivity index (χ1v) is 5.84. The Morgan fingerprint density at radius 2 is 0.944 bits per heavy atom. The van der Waals surface area contributed by atoms with E-state index in [1.54, 1.807) is 0 Å². The third kappa shape index (κ3) is 2.64. The third-order valence-electron chi connectivity index (χ3n) is 2.27. The summed E-state index contributed by atoms with van der Waals surface area (Å²) in [4.78, 5) is 0. The minimum atomic E-state index is -0.0791. The molecule has 6 nitrogen and oxygen atoms in total. The number of ether oxygens (including phenoxy) is 2. The van der Waals surface area contributed by atoms with Crippen LogP contribution < -0.4 is 32.4 Å². The van der Waals surface area contributed by atoms with E-state index in [2.05, 4.69) is 0 Å². The number of benzene rings is 1. The number of hydrogen-bond donors (Lipinski definition) is 4. The summed E-state index contributed by atoms with van der Waals surface area (Å²) in [5.74, 6) is 0.653. The Bertz CT molecular complexity index is 407. The van der Waals surface area contributed by atoms with Crippen molar-refractivity contribution < 1.29 is 9.47 Å². The normalized spacial score (nSPS) is 11.0. The van der Waals surface area contributed by atoms with Crippen molar-refractivity contribution in [1.29, 1.82) is 0 Å². The summed E-state index contributed by atoms with van der Waals surface area (Å²) in [6, 6.07) is 0. The zero-order valence-corrected chi connectivity index (χ0v) is 11.3. The van der Waals surface area contributed by atoms with Crippen LogP contribution in [0.2, 0.25) is 0 Å². The molecule has 1 aromatic carbocycles. The van der Waals surface area contributed by atoms with Crippen LogP contribution in [-0.4, -0.2) is 12.2 Å². The lowest BCUT2D eigenvalue weighted by Crippen LogP contribution is -2.15. The molecule has 1 rings (SSSR count). The molecule has 6 heteroatoms. The zero-order chi connectivity index (χ0) is 14.0. The summed E-state index contributed by atoms with van der Waals surface area (Å²) >= 11 is 0. The van der Waals surface area contributed by atoms with Gasteiger partial charge in [-0.1, -0.05) is 0 Å². The molecule has 0 aliphatic heterocycles. The molecule has 0 unspecified atom stereocenters. The molecule has 0 radical (unpaired) electrons. The minimum Gasteiger partial charge on any atom is -0.486 e. The first-order chi connectivity index (χ1) is 8.25. The van der Waals surface area contributed by atoms with Gasteiger partial charge in [0.05, 0.1) is 17.9 Å². The largest absolute Gasteiger partial charge is 0.486 e. The van der Waals surface area contributed by atoms with Gasteiger partial charge in [-0.3, -0.25) is 0 Å². The molecule has 18 heavy (non-hydrogen) atoms. The van der Waals surface area contributed by atoms with Crippen LogP contribution in [0.15, 0.2) is 0 Å². The van der Waals surface area contributed by atoms with Crippen LogP contribution in [-0.2, 0) is 0 Å². The van der Waals surface area contributed by atoms with Crippen molar-refractivity contribution in [3.8, 4) is 11.5 Å². The number of anilines is 4. The monoisotopic (exact) mass is 254 g/mol. The molecular weight excluding hydrogens is 232 g/mol. The van der Waals surface area contributed by atoms with Crippen LogP contribution in [0.1, 0.15) is 27.7 Å². The smallest absolute Gasteiger partial charge is 0.171 e. The van der Waals surface area contributed by atoms with E-state index in [9.17, 15) is 0 Å². The Morgan fingerprint density at radius 1 is 0.611 bits per heavy atom. The summed E-state index contributed by atoms with van der Waals surface area (Å²) in [7, 11) is 0. The number of hydrogen-bond acceptors (Lipinski definition) is 6. The molecule has 102 valence electrons. The zero-order valence-electron chi connectivity index (χ0n) is 11.3. The fourth-order valence-electron chi connectivity index (χ4n) is 1.51. The Morgan fingerprint density at radius 3 is 1.22 bits per heavy atom. The summed E-state index contributed by atoms with van der Waals surface area (Å²) in [5, 5.41) is 0. The molecule has 0 saturated carbocycles. The van der Waals surface area contributed by atoms with Gasteiger partial charge in [-0.15, -0.1) is 0 Å². The van der Waals surface area contributed by atoms with E-state index in [-0.39, 0.29) is 35.0 Å². The van der Waals surface area contributed by atoms with Gasteiger partial charge in [0.15, 0.2) is 11.5 Å². The van der Waals surface area contributed by atoms with Crippen molar-refractivity contribution in [2.75, 3.05) is 22.9 Å². The topological polar surface area (TPSA) is 123 Å². The SMILES string of the molecule is CC(C)Oc1c(N)c(N)c(N)c(OC(C)C)c1N. The highest BCUT2D eigenvalue weighted by molar-refractivity contribution is 5.94. The van der Waals surface area contributed by atoms with Crippen LogP contribution in [0.25, 0.3) is 0 Å². The van der Waals surface area contributed by atoms with Gasteiger partial charge in [0.2, 0.25) is 0 Å². The van der Waals surface area contributed by atoms with Crippen LogP contribution in [0.5, 0.6) is 11.5 Å². The van der Waals surface area contributed by atoms with Crippen molar-refractivity contribution in [2.24, 2.45) is 0 Å². The van der Waals surface area contributed by atoms with Crippen LogP contribution in [0.4, 0.5) is 22.7 Å². The lowest BCUT2D eigenvalue weighted by atomic mass is 10.1. The molecule has 0 aliphatic carbocycles. The summed E-state index contributed by atoms with van der Waals surface area (Å²) < 4.78 is 11.1. The van der Waals surface area contributed by atoms with E-state index < -0.39 is 0 Å². The molecule has 0 bridgehead atoms. The van der Waals surface area contributed by atoms with Crippen molar-refractivity contribution in [3.05, 3.63) is 0 Å². The van der Waals surface area contributed by atoms with Gasteiger partial charge in [-0.2, -0.15) is 0 Å². The maximum Gasteiger partial charge on any atom is 0.171 e.